The first kappa shape index (κ1) is 29.4. The molecule has 190 valence electrons. The van der Waals surface area contributed by atoms with Gasteiger partial charge in [0.15, 0.2) is 5.78 Å². The number of Topliss-reactive ketones (excluding diaryl/α,β-unsaturated/α-hetero) is 1. The molecule has 0 aliphatic carbocycles. The highest BCUT2D eigenvalue weighted by atomic mass is 16.5. The second-order valence-corrected chi connectivity index (χ2v) is 8.85. The average Bonchev–Trinajstić information content (AvgIpc) is 2.83. The number of rotatable bonds is 20. The van der Waals surface area contributed by atoms with Crippen molar-refractivity contribution in [2.45, 2.75) is 103 Å². The molecule has 0 amide bonds. The summed E-state index contributed by atoms with van der Waals surface area (Å²) in [5.41, 5.74) is 0. The quantitative estimate of drug-likeness (QED) is 0.0970. The van der Waals surface area contributed by atoms with Crippen LogP contribution in [0.2, 0.25) is 0 Å². The second kappa shape index (κ2) is 19.8. The first-order valence-corrected chi connectivity index (χ1v) is 13.0. The molecule has 34 heavy (non-hydrogen) atoms. The molecule has 0 bridgehead atoms. The Morgan fingerprint density at radius 2 is 1.29 bits per heavy atom. The molecular formula is C26H41N3O5. The van der Waals surface area contributed by atoms with E-state index in [1.807, 2.05) is 0 Å². The molecular weight excluding hydrogens is 434 g/mol. The maximum absolute atomic E-state index is 13.2. The monoisotopic (exact) mass is 475 g/mol. The van der Waals surface area contributed by atoms with Gasteiger partial charge >= 0.3 is 5.97 Å². The number of unbranched alkanes of at least 4 members (excludes halogenated alkanes) is 10. The molecule has 0 N–H and O–H groups in total. The number of carbonyl (C=O) groups is 2. The van der Waals surface area contributed by atoms with Crippen LogP contribution in [0, 0.1) is 34.9 Å². The first-order valence-electron chi connectivity index (χ1n) is 13.0. The van der Waals surface area contributed by atoms with Crippen molar-refractivity contribution in [3.63, 3.8) is 0 Å². The zero-order valence-corrected chi connectivity index (χ0v) is 20.8. The van der Waals surface area contributed by atoms with Crippen molar-refractivity contribution in [3.05, 3.63) is 0 Å². The Bertz CT molecular complexity index is 696. The third kappa shape index (κ3) is 12.6. The summed E-state index contributed by atoms with van der Waals surface area (Å²) in [6, 6.07) is 0. The summed E-state index contributed by atoms with van der Waals surface area (Å²) >= 11 is 0. The maximum atomic E-state index is 13.2. The van der Waals surface area contributed by atoms with Gasteiger partial charge in [-0.05, 0) is 38.5 Å². The van der Waals surface area contributed by atoms with Gasteiger partial charge < -0.3 is 14.2 Å². The van der Waals surface area contributed by atoms with Crippen molar-refractivity contribution in [3.8, 4) is 12.5 Å². The molecule has 1 heterocycles. The maximum Gasteiger partial charge on any atom is 0.322 e. The molecule has 0 radical (unpaired) electrons. The van der Waals surface area contributed by atoms with Crippen LogP contribution >= 0.6 is 0 Å². The molecule has 0 aromatic rings. The van der Waals surface area contributed by atoms with E-state index in [-0.39, 0.29) is 11.7 Å². The smallest absolute Gasteiger partial charge is 0.322 e. The molecule has 1 aliphatic rings. The van der Waals surface area contributed by atoms with Crippen LogP contribution in [0.1, 0.15) is 103 Å². The van der Waals surface area contributed by atoms with Crippen molar-refractivity contribution in [2.75, 3.05) is 19.8 Å². The summed E-state index contributed by atoms with van der Waals surface area (Å²) in [5, 5.41) is 16.8. The number of ketones is 1. The van der Waals surface area contributed by atoms with Crippen LogP contribution in [-0.2, 0) is 23.8 Å². The van der Waals surface area contributed by atoms with Gasteiger partial charge in [0.05, 0.1) is 5.92 Å². The molecule has 1 saturated heterocycles. The Balaban J connectivity index is 2.59. The number of cyclic esters (lactones) is 1. The summed E-state index contributed by atoms with van der Waals surface area (Å²) in [7, 11) is 0. The van der Waals surface area contributed by atoms with Crippen molar-refractivity contribution >= 4 is 17.7 Å². The van der Waals surface area contributed by atoms with E-state index in [1.165, 1.54) is 6.42 Å². The largest absolute Gasteiger partial charge is 0.428 e. The van der Waals surface area contributed by atoms with E-state index in [2.05, 4.69) is 16.7 Å². The van der Waals surface area contributed by atoms with Gasteiger partial charge in [0.2, 0.25) is 5.90 Å². The second-order valence-electron chi connectivity index (χ2n) is 8.85. The lowest BCUT2D eigenvalue weighted by Crippen LogP contribution is -2.43. The van der Waals surface area contributed by atoms with E-state index in [0.29, 0.717) is 32.6 Å². The Labute approximate surface area is 204 Å². The number of esters is 1. The van der Waals surface area contributed by atoms with E-state index in [0.717, 1.165) is 77.0 Å². The van der Waals surface area contributed by atoms with Crippen molar-refractivity contribution < 1.29 is 23.8 Å². The molecule has 0 saturated carbocycles. The minimum atomic E-state index is -0.672. The topological polar surface area (TPSA) is 122 Å². The van der Waals surface area contributed by atoms with E-state index in [4.69, 9.17) is 20.0 Å². The van der Waals surface area contributed by atoms with Gasteiger partial charge in [-0.25, -0.2) is 0 Å². The fourth-order valence-electron chi connectivity index (χ4n) is 4.14. The van der Waals surface area contributed by atoms with Gasteiger partial charge in [0.25, 0.3) is 12.5 Å². The van der Waals surface area contributed by atoms with E-state index < -0.39 is 17.8 Å². The van der Waals surface area contributed by atoms with E-state index in [1.54, 1.807) is 12.5 Å². The summed E-state index contributed by atoms with van der Waals surface area (Å²) in [5.74, 6) is -1.31. The minimum Gasteiger partial charge on any atom is -0.428 e. The van der Waals surface area contributed by atoms with Crippen LogP contribution in [0.15, 0.2) is 4.99 Å². The highest BCUT2D eigenvalue weighted by molar-refractivity contribution is 6.16. The van der Waals surface area contributed by atoms with Crippen LogP contribution < -0.4 is 0 Å². The fraction of sp³-hybridized carbons (Fsp3) is 0.808. The van der Waals surface area contributed by atoms with Crippen LogP contribution in [0.25, 0.3) is 0 Å². The van der Waals surface area contributed by atoms with Crippen molar-refractivity contribution in [2.24, 2.45) is 16.8 Å². The van der Waals surface area contributed by atoms with Gasteiger partial charge in [0, 0.05) is 6.54 Å². The third-order valence-corrected chi connectivity index (χ3v) is 6.11. The van der Waals surface area contributed by atoms with E-state index >= 15 is 0 Å². The zero-order valence-electron chi connectivity index (χ0n) is 20.8. The average molecular weight is 476 g/mol. The van der Waals surface area contributed by atoms with Crippen LogP contribution in [-0.4, -0.2) is 37.4 Å². The summed E-state index contributed by atoms with van der Waals surface area (Å²) in [6.45, 7) is 3.53. The molecule has 8 heteroatoms. The Morgan fingerprint density at radius 3 is 1.88 bits per heavy atom. The summed E-state index contributed by atoms with van der Waals surface area (Å²) in [4.78, 5) is 30.3. The van der Waals surface area contributed by atoms with Gasteiger partial charge in [0.1, 0.15) is 19.1 Å². The predicted molar refractivity (Wildman–Crippen MR) is 128 cm³/mol. The first-order chi connectivity index (χ1) is 16.7. The minimum absolute atomic E-state index is 0.0352. The van der Waals surface area contributed by atoms with Crippen LogP contribution in [0.3, 0.4) is 0 Å². The molecule has 0 aromatic heterocycles. The number of hydrogen-bond donors (Lipinski definition) is 0. The number of aliphatic imine (C=N–C) groups is 1. The summed E-state index contributed by atoms with van der Waals surface area (Å²) in [6.07, 6.45) is 16.9. The fourth-order valence-corrected chi connectivity index (χ4v) is 4.14. The molecule has 2 unspecified atom stereocenters. The van der Waals surface area contributed by atoms with Crippen molar-refractivity contribution in [1.29, 1.82) is 10.5 Å². The van der Waals surface area contributed by atoms with Gasteiger partial charge in [-0.15, -0.1) is 0 Å². The summed E-state index contributed by atoms with van der Waals surface area (Å²) < 4.78 is 15.0. The molecule has 1 rings (SSSR count). The molecule has 2 atom stereocenters. The van der Waals surface area contributed by atoms with Crippen molar-refractivity contribution in [1.82, 2.24) is 0 Å². The lowest BCUT2D eigenvalue weighted by atomic mass is 9.83. The number of nitriles is 2. The molecule has 0 aromatic carbocycles. The van der Waals surface area contributed by atoms with Gasteiger partial charge in [-0.1, -0.05) is 64.7 Å². The standard InChI is InChI=1S/C26H41N3O5/c1-2-3-4-5-11-16-23-24(30)22(15-10-6-8-13-18-32-20-27)25(34-26(23)31)29-17-12-7-9-14-19-33-21-28/h22-23H,2-19H2,1H3. The number of hydrogen-bond acceptors (Lipinski definition) is 8. The highest BCUT2D eigenvalue weighted by Crippen LogP contribution is 2.28. The molecule has 1 fully saturated rings. The Morgan fingerprint density at radius 1 is 0.765 bits per heavy atom. The molecule has 0 spiro atoms. The predicted octanol–water partition coefficient (Wildman–Crippen LogP) is 5.61. The molecule has 8 nitrogen and oxygen atoms in total. The normalized spacial score (nSPS) is 18.9. The number of nitrogens with zero attached hydrogens (tertiary/aromatic N) is 3. The lowest BCUT2D eigenvalue weighted by molar-refractivity contribution is -0.150. The number of carbonyl (C=O) groups excluding carboxylic acids is 2. The molecule has 1 aliphatic heterocycles. The SMILES string of the molecule is CCCCCCCC1C(=O)OC(=NCCCCCCOC#N)C(CCCCCCOC#N)C1=O. The lowest BCUT2D eigenvalue weighted by Gasteiger charge is -2.28. The van der Waals surface area contributed by atoms with Crippen LogP contribution in [0.5, 0.6) is 0 Å². The Hall–Kier alpha value is -2.61. The Kier molecular flexibility index (Phi) is 17.2. The van der Waals surface area contributed by atoms with Crippen LogP contribution in [0.4, 0.5) is 0 Å². The van der Waals surface area contributed by atoms with E-state index in [9.17, 15) is 9.59 Å². The third-order valence-electron chi connectivity index (χ3n) is 6.11. The zero-order chi connectivity index (χ0) is 24.9. The van der Waals surface area contributed by atoms with Gasteiger partial charge in [-0.3, -0.25) is 14.6 Å². The van der Waals surface area contributed by atoms with Gasteiger partial charge in [-0.2, -0.15) is 10.5 Å². The number of ether oxygens (including phenoxy) is 3. The highest BCUT2D eigenvalue weighted by Gasteiger charge is 2.42.